The second kappa shape index (κ2) is 6.05. The first-order chi connectivity index (χ1) is 11.0. The van der Waals surface area contributed by atoms with Crippen LogP contribution >= 0.6 is 15.9 Å². The third-order valence-corrected chi connectivity index (χ3v) is 4.34. The lowest BCUT2D eigenvalue weighted by Gasteiger charge is -2.09. The number of halogens is 1. The van der Waals surface area contributed by atoms with E-state index in [1.807, 2.05) is 61.7 Å². The van der Waals surface area contributed by atoms with Crippen LogP contribution in [-0.4, -0.2) is 15.5 Å². The summed E-state index contributed by atoms with van der Waals surface area (Å²) in [6.45, 7) is 5.98. The van der Waals surface area contributed by atoms with Crippen LogP contribution in [0.25, 0.3) is 16.9 Å². The third-order valence-electron chi connectivity index (χ3n) is 3.51. The van der Waals surface area contributed by atoms with Crippen molar-refractivity contribution in [1.29, 1.82) is 5.26 Å². The molecule has 1 aromatic carbocycles. The van der Waals surface area contributed by atoms with Gasteiger partial charge in [0.1, 0.15) is 23.2 Å². The first-order valence-electron chi connectivity index (χ1n) is 7.35. The molecular formula is C18H16BrN3O. The Morgan fingerprint density at radius 1 is 1.26 bits per heavy atom. The van der Waals surface area contributed by atoms with Crippen LogP contribution in [0.15, 0.2) is 41.0 Å². The van der Waals surface area contributed by atoms with Gasteiger partial charge in [0.2, 0.25) is 0 Å². The highest BCUT2D eigenvalue weighted by molar-refractivity contribution is 9.10. The molecule has 5 heteroatoms. The number of benzene rings is 1. The lowest BCUT2D eigenvalue weighted by Crippen LogP contribution is -2.05. The zero-order valence-electron chi connectivity index (χ0n) is 13.2. The average Bonchev–Trinajstić information content (AvgIpc) is 2.85. The maximum Gasteiger partial charge on any atom is 0.152 e. The van der Waals surface area contributed by atoms with E-state index in [0.29, 0.717) is 11.4 Å². The second-order valence-corrected chi connectivity index (χ2v) is 6.50. The molecule has 0 aliphatic heterocycles. The zero-order valence-corrected chi connectivity index (χ0v) is 14.8. The van der Waals surface area contributed by atoms with Gasteiger partial charge in [0.05, 0.1) is 6.10 Å². The fourth-order valence-electron chi connectivity index (χ4n) is 2.43. The highest BCUT2D eigenvalue weighted by atomic mass is 79.9. The van der Waals surface area contributed by atoms with Gasteiger partial charge in [0.25, 0.3) is 0 Å². The smallest absolute Gasteiger partial charge is 0.152 e. The van der Waals surface area contributed by atoms with E-state index in [1.54, 1.807) is 0 Å². The number of imidazole rings is 1. The summed E-state index contributed by atoms with van der Waals surface area (Å²) >= 11 is 3.50. The molecule has 0 N–H and O–H groups in total. The molecule has 2 aromatic heterocycles. The van der Waals surface area contributed by atoms with Crippen LogP contribution in [-0.2, 0) is 0 Å². The van der Waals surface area contributed by atoms with E-state index in [9.17, 15) is 5.26 Å². The molecule has 116 valence electrons. The van der Waals surface area contributed by atoms with Gasteiger partial charge in [-0.3, -0.25) is 4.40 Å². The highest BCUT2D eigenvalue weighted by Crippen LogP contribution is 2.28. The monoisotopic (exact) mass is 369 g/mol. The van der Waals surface area contributed by atoms with Gasteiger partial charge in [0.15, 0.2) is 5.69 Å². The number of rotatable bonds is 3. The minimum absolute atomic E-state index is 0.131. The number of nitrogens with zero attached hydrogens (tertiary/aromatic N) is 3. The number of fused-ring (bicyclic) bond motifs is 1. The summed E-state index contributed by atoms with van der Waals surface area (Å²) in [5.74, 6) is 0.810. The number of aromatic nitrogens is 2. The van der Waals surface area contributed by atoms with E-state index < -0.39 is 0 Å². The summed E-state index contributed by atoms with van der Waals surface area (Å²) in [6, 6.07) is 11.9. The lowest BCUT2D eigenvalue weighted by atomic mass is 10.1. The van der Waals surface area contributed by atoms with Crippen molar-refractivity contribution in [2.75, 3.05) is 0 Å². The third kappa shape index (κ3) is 2.95. The molecule has 0 saturated heterocycles. The van der Waals surface area contributed by atoms with E-state index in [1.165, 1.54) is 0 Å². The first kappa shape index (κ1) is 15.6. The van der Waals surface area contributed by atoms with Crippen molar-refractivity contribution in [2.24, 2.45) is 0 Å². The Morgan fingerprint density at radius 2 is 1.96 bits per heavy atom. The van der Waals surface area contributed by atoms with Crippen molar-refractivity contribution in [3.63, 3.8) is 0 Å². The number of aryl methyl sites for hydroxylation is 1. The van der Waals surface area contributed by atoms with E-state index in [-0.39, 0.29) is 6.10 Å². The topological polar surface area (TPSA) is 50.3 Å². The van der Waals surface area contributed by atoms with Crippen molar-refractivity contribution < 1.29 is 4.74 Å². The highest BCUT2D eigenvalue weighted by Gasteiger charge is 2.15. The lowest BCUT2D eigenvalue weighted by molar-refractivity contribution is 0.242. The fourth-order valence-corrected chi connectivity index (χ4v) is 2.75. The number of hydrogen-bond donors (Lipinski definition) is 0. The van der Waals surface area contributed by atoms with Gasteiger partial charge in [-0.05, 0) is 72.6 Å². The molecule has 0 atom stereocenters. The predicted molar refractivity (Wildman–Crippen MR) is 93.5 cm³/mol. The molecule has 3 aromatic rings. The molecule has 3 rings (SSSR count). The van der Waals surface area contributed by atoms with Gasteiger partial charge in [-0.2, -0.15) is 5.26 Å². The van der Waals surface area contributed by atoms with Crippen molar-refractivity contribution in [3.8, 4) is 23.1 Å². The Bertz CT molecular complexity index is 905. The van der Waals surface area contributed by atoms with Crippen LogP contribution in [0.3, 0.4) is 0 Å². The Morgan fingerprint density at radius 3 is 2.57 bits per heavy atom. The molecule has 0 aliphatic rings. The molecule has 0 radical (unpaired) electrons. The van der Waals surface area contributed by atoms with Crippen molar-refractivity contribution >= 4 is 21.6 Å². The van der Waals surface area contributed by atoms with Crippen LogP contribution in [0.4, 0.5) is 0 Å². The van der Waals surface area contributed by atoms with E-state index >= 15 is 0 Å². The van der Waals surface area contributed by atoms with E-state index in [0.717, 1.165) is 27.0 Å². The first-order valence-corrected chi connectivity index (χ1v) is 8.14. The molecule has 0 spiro atoms. The summed E-state index contributed by atoms with van der Waals surface area (Å²) in [5, 5.41) is 9.55. The van der Waals surface area contributed by atoms with Gasteiger partial charge in [0, 0.05) is 16.2 Å². The number of hydrogen-bond acceptors (Lipinski definition) is 3. The normalized spacial score (nSPS) is 11.0. The van der Waals surface area contributed by atoms with Crippen LogP contribution in [0.5, 0.6) is 5.75 Å². The predicted octanol–water partition coefficient (Wildman–Crippen LogP) is 4.73. The molecular weight excluding hydrogens is 354 g/mol. The van der Waals surface area contributed by atoms with Crippen LogP contribution in [0.2, 0.25) is 0 Å². The molecule has 0 saturated carbocycles. The molecule has 23 heavy (non-hydrogen) atoms. The maximum absolute atomic E-state index is 9.55. The molecule has 0 aliphatic carbocycles. The van der Waals surface area contributed by atoms with Gasteiger partial charge < -0.3 is 4.74 Å². The average molecular weight is 370 g/mol. The quantitative estimate of drug-likeness (QED) is 0.670. The Hall–Kier alpha value is -2.32. The van der Waals surface area contributed by atoms with Crippen LogP contribution < -0.4 is 4.74 Å². The minimum Gasteiger partial charge on any atom is -0.491 e. The number of ether oxygens (including phenoxy) is 1. The minimum atomic E-state index is 0.131. The van der Waals surface area contributed by atoms with Crippen molar-refractivity contribution in [1.82, 2.24) is 9.38 Å². The maximum atomic E-state index is 9.55. The molecule has 0 unspecified atom stereocenters. The Labute approximate surface area is 143 Å². The van der Waals surface area contributed by atoms with Crippen LogP contribution in [0.1, 0.15) is 25.1 Å². The summed E-state index contributed by atoms with van der Waals surface area (Å²) < 4.78 is 8.42. The Balaban J connectivity index is 2.11. The fraction of sp³-hybridized carbons (Fsp3) is 0.222. The largest absolute Gasteiger partial charge is 0.491 e. The Kier molecular flexibility index (Phi) is 4.10. The van der Waals surface area contributed by atoms with Crippen molar-refractivity contribution in [3.05, 3.63) is 52.3 Å². The van der Waals surface area contributed by atoms with E-state index in [4.69, 9.17) is 4.74 Å². The van der Waals surface area contributed by atoms with E-state index in [2.05, 4.69) is 27.0 Å². The molecule has 2 heterocycles. The summed E-state index contributed by atoms with van der Waals surface area (Å²) in [7, 11) is 0. The van der Waals surface area contributed by atoms with Gasteiger partial charge in [-0.1, -0.05) is 0 Å². The van der Waals surface area contributed by atoms with Gasteiger partial charge in [-0.15, -0.1) is 0 Å². The van der Waals surface area contributed by atoms with Gasteiger partial charge >= 0.3 is 0 Å². The number of nitriles is 1. The molecule has 0 bridgehead atoms. The van der Waals surface area contributed by atoms with Gasteiger partial charge in [-0.25, -0.2) is 4.98 Å². The summed E-state index contributed by atoms with van der Waals surface area (Å²) in [6.07, 6.45) is 2.02. The molecule has 4 nitrogen and oxygen atoms in total. The van der Waals surface area contributed by atoms with Crippen LogP contribution in [0, 0.1) is 18.3 Å². The SMILES string of the molecule is Cc1cc2nc(-c3ccc(OC(C)C)cc3)c(C#N)n2cc1Br. The number of pyridine rings is 1. The van der Waals surface area contributed by atoms with Crippen molar-refractivity contribution in [2.45, 2.75) is 26.9 Å². The molecule has 0 amide bonds. The second-order valence-electron chi connectivity index (χ2n) is 5.64. The standard InChI is InChI=1S/C18H16BrN3O/c1-11(2)23-14-6-4-13(5-7-14)18-16(9-20)22-10-15(19)12(3)8-17(22)21-18/h4-8,10-11H,1-3H3. The summed E-state index contributed by atoms with van der Waals surface area (Å²) in [4.78, 5) is 4.63. The zero-order chi connectivity index (χ0) is 16.6. The molecule has 0 fully saturated rings. The summed E-state index contributed by atoms with van der Waals surface area (Å²) in [5.41, 5.74) is 3.95.